The number of hydrogen-bond acceptors (Lipinski definition) is 4. The molecule has 0 spiro atoms. The molecule has 1 amide bonds. The molecule has 1 aliphatic rings. The van der Waals surface area contributed by atoms with Crippen LogP contribution in [0, 0.1) is 5.92 Å². The summed E-state index contributed by atoms with van der Waals surface area (Å²) in [5.41, 5.74) is 7.03. The molecular weight excluding hydrogens is 242 g/mol. The molecule has 1 saturated heterocycles. The summed E-state index contributed by atoms with van der Waals surface area (Å²) < 4.78 is 0. The van der Waals surface area contributed by atoms with Crippen LogP contribution in [-0.4, -0.2) is 42.2 Å². The van der Waals surface area contributed by atoms with Crippen molar-refractivity contribution in [3.63, 3.8) is 0 Å². The van der Waals surface area contributed by atoms with Gasteiger partial charge in [0.1, 0.15) is 0 Å². The molecule has 0 aromatic heterocycles. The quantitative estimate of drug-likeness (QED) is 0.706. The van der Waals surface area contributed by atoms with E-state index in [4.69, 9.17) is 10.8 Å². The van der Waals surface area contributed by atoms with Gasteiger partial charge in [0.05, 0.1) is 6.54 Å². The molecule has 19 heavy (non-hydrogen) atoms. The minimum Gasteiger partial charge on any atom is -0.399 e. The van der Waals surface area contributed by atoms with Crippen LogP contribution in [0.1, 0.15) is 12.8 Å². The minimum atomic E-state index is -0.0247. The fraction of sp³-hybridized carbons (Fsp3) is 0.500. The third-order valence-corrected chi connectivity index (χ3v) is 3.42. The summed E-state index contributed by atoms with van der Waals surface area (Å²) in [6, 6.07) is 7.11. The lowest BCUT2D eigenvalue weighted by molar-refractivity contribution is -0.117. The van der Waals surface area contributed by atoms with Crippen molar-refractivity contribution in [3.8, 4) is 0 Å². The highest BCUT2D eigenvalue weighted by Crippen LogP contribution is 2.16. The number of aliphatic hydroxyl groups is 1. The van der Waals surface area contributed by atoms with E-state index in [0.717, 1.165) is 31.6 Å². The van der Waals surface area contributed by atoms with Crippen molar-refractivity contribution in [1.82, 2.24) is 4.90 Å². The molecule has 0 radical (unpaired) electrons. The number of likely N-dealkylation sites (tertiary alicyclic amines) is 1. The number of carbonyl (C=O) groups is 1. The van der Waals surface area contributed by atoms with Gasteiger partial charge in [0.15, 0.2) is 0 Å². The van der Waals surface area contributed by atoms with E-state index in [-0.39, 0.29) is 12.5 Å². The van der Waals surface area contributed by atoms with Gasteiger partial charge in [0.25, 0.3) is 0 Å². The average molecular weight is 263 g/mol. The molecule has 1 fully saturated rings. The predicted molar refractivity (Wildman–Crippen MR) is 75.7 cm³/mol. The van der Waals surface area contributed by atoms with Crippen LogP contribution in [0.3, 0.4) is 0 Å². The Morgan fingerprint density at radius 3 is 2.84 bits per heavy atom. The van der Waals surface area contributed by atoms with Gasteiger partial charge in [-0.3, -0.25) is 9.69 Å². The maximum Gasteiger partial charge on any atom is 0.238 e. The van der Waals surface area contributed by atoms with Crippen LogP contribution in [0.5, 0.6) is 0 Å². The number of amides is 1. The highest BCUT2D eigenvalue weighted by molar-refractivity contribution is 5.92. The van der Waals surface area contributed by atoms with E-state index in [1.54, 1.807) is 24.3 Å². The van der Waals surface area contributed by atoms with Crippen molar-refractivity contribution in [3.05, 3.63) is 24.3 Å². The van der Waals surface area contributed by atoms with Crippen molar-refractivity contribution in [1.29, 1.82) is 0 Å². The highest BCUT2D eigenvalue weighted by atomic mass is 16.3. The molecule has 104 valence electrons. The Hall–Kier alpha value is -1.59. The minimum absolute atomic E-state index is 0.0247. The fourth-order valence-corrected chi connectivity index (χ4v) is 2.41. The third kappa shape index (κ3) is 4.22. The average Bonchev–Trinajstić information content (AvgIpc) is 2.41. The molecule has 0 bridgehead atoms. The molecule has 1 unspecified atom stereocenters. The van der Waals surface area contributed by atoms with Gasteiger partial charge in [0, 0.05) is 24.5 Å². The molecule has 1 aromatic rings. The Balaban J connectivity index is 1.82. The first-order valence-corrected chi connectivity index (χ1v) is 6.66. The topological polar surface area (TPSA) is 78.6 Å². The molecule has 5 nitrogen and oxygen atoms in total. The van der Waals surface area contributed by atoms with Crippen molar-refractivity contribution >= 4 is 17.3 Å². The number of benzene rings is 1. The first-order chi connectivity index (χ1) is 9.17. The summed E-state index contributed by atoms with van der Waals surface area (Å²) in [4.78, 5) is 14.0. The number of nitrogens with one attached hydrogen (secondary N) is 1. The van der Waals surface area contributed by atoms with E-state index in [9.17, 15) is 4.79 Å². The lowest BCUT2D eigenvalue weighted by Gasteiger charge is -2.31. The Bertz CT molecular complexity index is 419. The number of nitrogens with two attached hydrogens (primary N) is 1. The van der Waals surface area contributed by atoms with Gasteiger partial charge < -0.3 is 16.2 Å². The lowest BCUT2D eigenvalue weighted by Crippen LogP contribution is -2.41. The normalized spacial score (nSPS) is 20.2. The number of aliphatic hydroxyl groups excluding tert-OH is 1. The fourth-order valence-electron chi connectivity index (χ4n) is 2.41. The summed E-state index contributed by atoms with van der Waals surface area (Å²) in [5.74, 6) is 0.279. The van der Waals surface area contributed by atoms with E-state index in [1.807, 2.05) is 0 Å². The molecule has 1 aromatic carbocycles. The van der Waals surface area contributed by atoms with E-state index in [2.05, 4.69) is 10.2 Å². The SMILES string of the molecule is Nc1ccc(NC(=O)CN2CCCC(CO)C2)cc1. The molecule has 4 N–H and O–H groups in total. The van der Waals surface area contributed by atoms with Gasteiger partial charge in [0.2, 0.25) is 5.91 Å². The maximum absolute atomic E-state index is 11.9. The van der Waals surface area contributed by atoms with Gasteiger partial charge in [-0.05, 0) is 49.6 Å². The van der Waals surface area contributed by atoms with E-state index in [1.165, 1.54) is 0 Å². The Kier molecular flexibility index (Phi) is 4.76. The van der Waals surface area contributed by atoms with E-state index < -0.39 is 0 Å². The second-order valence-corrected chi connectivity index (χ2v) is 5.10. The first-order valence-electron chi connectivity index (χ1n) is 6.66. The second-order valence-electron chi connectivity index (χ2n) is 5.10. The molecule has 1 heterocycles. The maximum atomic E-state index is 11.9. The number of carbonyl (C=O) groups excluding carboxylic acids is 1. The van der Waals surface area contributed by atoms with Crippen molar-refractivity contribution in [2.24, 2.45) is 5.92 Å². The number of piperidine rings is 1. The van der Waals surface area contributed by atoms with E-state index in [0.29, 0.717) is 18.2 Å². The largest absolute Gasteiger partial charge is 0.399 e. The van der Waals surface area contributed by atoms with Crippen molar-refractivity contribution in [2.45, 2.75) is 12.8 Å². The van der Waals surface area contributed by atoms with Gasteiger partial charge in [-0.25, -0.2) is 0 Å². The van der Waals surface area contributed by atoms with E-state index >= 15 is 0 Å². The molecule has 1 aliphatic heterocycles. The zero-order chi connectivity index (χ0) is 13.7. The second kappa shape index (κ2) is 6.54. The van der Waals surface area contributed by atoms with Crippen molar-refractivity contribution < 1.29 is 9.90 Å². The summed E-state index contributed by atoms with van der Waals surface area (Å²) in [7, 11) is 0. The Morgan fingerprint density at radius 1 is 1.42 bits per heavy atom. The highest BCUT2D eigenvalue weighted by Gasteiger charge is 2.20. The van der Waals surface area contributed by atoms with Crippen LogP contribution in [0.4, 0.5) is 11.4 Å². The smallest absolute Gasteiger partial charge is 0.238 e. The van der Waals surface area contributed by atoms with Crippen LogP contribution in [0.25, 0.3) is 0 Å². The monoisotopic (exact) mass is 263 g/mol. The number of hydrogen-bond donors (Lipinski definition) is 3. The molecule has 1 atom stereocenters. The molecular formula is C14H21N3O2. The van der Waals surface area contributed by atoms with Crippen LogP contribution in [-0.2, 0) is 4.79 Å². The molecule has 0 aliphatic carbocycles. The summed E-state index contributed by atoms with van der Waals surface area (Å²) >= 11 is 0. The predicted octanol–water partition coefficient (Wildman–Crippen LogP) is 0.912. The van der Waals surface area contributed by atoms with Gasteiger partial charge in [-0.15, -0.1) is 0 Å². The number of anilines is 2. The van der Waals surface area contributed by atoms with Gasteiger partial charge >= 0.3 is 0 Å². The molecule has 0 saturated carbocycles. The Morgan fingerprint density at radius 2 is 2.16 bits per heavy atom. The van der Waals surface area contributed by atoms with Gasteiger partial charge in [-0.2, -0.15) is 0 Å². The summed E-state index contributed by atoms with van der Waals surface area (Å²) in [6.07, 6.45) is 2.09. The Labute approximate surface area is 113 Å². The van der Waals surface area contributed by atoms with Crippen molar-refractivity contribution in [2.75, 3.05) is 37.3 Å². The van der Waals surface area contributed by atoms with Crippen LogP contribution >= 0.6 is 0 Å². The summed E-state index contributed by atoms with van der Waals surface area (Å²) in [5, 5.41) is 12.0. The number of nitrogen functional groups attached to an aromatic ring is 1. The zero-order valence-electron chi connectivity index (χ0n) is 11.0. The van der Waals surface area contributed by atoms with Crippen LogP contribution in [0.2, 0.25) is 0 Å². The lowest BCUT2D eigenvalue weighted by atomic mass is 9.99. The third-order valence-electron chi connectivity index (χ3n) is 3.42. The van der Waals surface area contributed by atoms with Crippen LogP contribution < -0.4 is 11.1 Å². The standard InChI is InChI=1S/C14H21N3O2/c15-12-3-5-13(6-4-12)16-14(19)9-17-7-1-2-11(8-17)10-18/h3-6,11,18H,1-2,7-10,15H2,(H,16,19). The summed E-state index contributed by atoms with van der Waals surface area (Å²) in [6.45, 7) is 2.30. The first kappa shape index (κ1) is 13.8. The van der Waals surface area contributed by atoms with Crippen LogP contribution in [0.15, 0.2) is 24.3 Å². The number of nitrogens with zero attached hydrogens (tertiary/aromatic N) is 1. The zero-order valence-corrected chi connectivity index (χ0v) is 11.0. The number of rotatable bonds is 4. The molecule has 2 rings (SSSR count). The van der Waals surface area contributed by atoms with Gasteiger partial charge in [-0.1, -0.05) is 0 Å². The molecule has 5 heteroatoms.